The number of nitrogens with zero attached hydrogens (tertiary/aromatic N) is 6. The summed E-state index contributed by atoms with van der Waals surface area (Å²) < 4.78 is 36.2. The molecule has 0 saturated carbocycles. The van der Waals surface area contributed by atoms with Gasteiger partial charge < -0.3 is 14.5 Å². The molecule has 2 aromatic heterocycles. The minimum absolute atomic E-state index is 0.00285. The molecule has 2 amide bonds. The van der Waals surface area contributed by atoms with Crippen LogP contribution >= 0.6 is 0 Å². The molecule has 1 aliphatic rings. The van der Waals surface area contributed by atoms with Gasteiger partial charge in [-0.25, -0.2) is 28.1 Å². The Morgan fingerprint density at radius 3 is 2.31 bits per heavy atom. The van der Waals surface area contributed by atoms with Gasteiger partial charge in [0, 0.05) is 30.2 Å². The molecule has 1 aliphatic heterocycles. The maximum Gasteiger partial charge on any atom is 0.264 e. The van der Waals surface area contributed by atoms with Crippen LogP contribution in [-0.4, -0.2) is 63.8 Å². The van der Waals surface area contributed by atoms with Crippen molar-refractivity contribution in [2.45, 2.75) is 85.3 Å². The average molecular weight is 686 g/mol. The first-order chi connectivity index (χ1) is 23.0. The lowest BCUT2D eigenvalue weighted by Crippen LogP contribution is -2.45. The Kier molecular flexibility index (Phi) is 10.0. The molecule has 0 fully saturated rings. The summed E-state index contributed by atoms with van der Waals surface area (Å²) in [6, 6.07) is 12.8. The second kappa shape index (κ2) is 13.9. The van der Waals surface area contributed by atoms with Crippen LogP contribution in [0.4, 0.5) is 11.6 Å². The summed E-state index contributed by atoms with van der Waals surface area (Å²) >= 11 is 0. The maximum absolute atomic E-state index is 14.4. The number of aryl methyl sites for hydroxylation is 2. The van der Waals surface area contributed by atoms with E-state index in [1.54, 1.807) is 34.3 Å². The van der Waals surface area contributed by atoms with E-state index in [0.29, 0.717) is 23.6 Å². The third kappa shape index (κ3) is 8.22. The summed E-state index contributed by atoms with van der Waals surface area (Å²) in [6.07, 6.45) is 3.67. The molecular weight excluding hydrogens is 643 g/mol. The standard InChI is InChI=1S/C36H43N7O5S/c1-22(2)43(25(5)44)28-18-37-31(38-19-28)20-42-27(17-36(6,7)8)21-48-32-16-30(33-23(3)11-9-12-24(33)4)39-35(40-32)41-49(46,47)29-14-10-13-26(15-29)34(42)45/h9-16,18-19,22,27H,17,20-21H2,1-8H3,(H,39,40,41)/t27-/m1/s1. The van der Waals surface area contributed by atoms with Gasteiger partial charge in [-0.3, -0.25) is 9.59 Å². The van der Waals surface area contributed by atoms with Crippen LogP contribution in [0.2, 0.25) is 0 Å². The van der Waals surface area contributed by atoms with Crippen molar-refractivity contribution in [3.05, 3.63) is 83.4 Å². The number of amides is 2. The molecule has 0 saturated heterocycles. The number of sulfonamides is 1. The zero-order valence-electron chi connectivity index (χ0n) is 29.2. The lowest BCUT2D eigenvalue weighted by molar-refractivity contribution is -0.116. The van der Waals surface area contributed by atoms with Gasteiger partial charge in [0.15, 0.2) is 0 Å². The smallest absolute Gasteiger partial charge is 0.264 e. The van der Waals surface area contributed by atoms with Crippen LogP contribution in [0.25, 0.3) is 11.3 Å². The van der Waals surface area contributed by atoms with Crippen LogP contribution in [0, 0.1) is 19.3 Å². The van der Waals surface area contributed by atoms with E-state index in [4.69, 9.17) is 4.74 Å². The number of ether oxygens (including phenoxy) is 1. The van der Waals surface area contributed by atoms with Crippen molar-refractivity contribution in [3.63, 3.8) is 0 Å². The molecule has 13 heteroatoms. The van der Waals surface area contributed by atoms with E-state index in [0.717, 1.165) is 16.7 Å². The van der Waals surface area contributed by atoms with Gasteiger partial charge in [0.2, 0.25) is 17.7 Å². The number of nitrogens with one attached hydrogen (secondary N) is 1. The highest BCUT2D eigenvalue weighted by Gasteiger charge is 2.32. The van der Waals surface area contributed by atoms with Crippen LogP contribution in [0.15, 0.2) is 65.8 Å². The highest BCUT2D eigenvalue weighted by atomic mass is 32.2. The van der Waals surface area contributed by atoms with Gasteiger partial charge >= 0.3 is 0 Å². The summed E-state index contributed by atoms with van der Waals surface area (Å²) in [4.78, 5) is 47.9. The molecule has 5 rings (SSSR count). The summed E-state index contributed by atoms with van der Waals surface area (Å²) in [7, 11) is -4.21. The topological polar surface area (TPSA) is 148 Å². The lowest BCUT2D eigenvalue weighted by atomic mass is 9.87. The second-order valence-electron chi connectivity index (χ2n) is 13.8. The number of benzene rings is 2. The lowest BCUT2D eigenvalue weighted by Gasteiger charge is -2.35. The minimum atomic E-state index is -4.21. The van der Waals surface area contributed by atoms with Crippen molar-refractivity contribution in [3.8, 4) is 17.1 Å². The van der Waals surface area contributed by atoms with Crippen molar-refractivity contribution in [2.24, 2.45) is 5.41 Å². The van der Waals surface area contributed by atoms with Gasteiger partial charge in [0.05, 0.1) is 41.3 Å². The molecule has 3 heterocycles. The predicted molar refractivity (Wildman–Crippen MR) is 188 cm³/mol. The number of hydrogen-bond donors (Lipinski definition) is 1. The van der Waals surface area contributed by atoms with Crippen molar-refractivity contribution in [1.82, 2.24) is 24.8 Å². The summed E-state index contributed by atoms with van der Waals surface area (Å²) in [6.45, 7) is 15.5. The fourth-order valence-electron chi connectivity index (χ4n) is 6.10. The fourth-order valence-corrected chi connectivity index (χ4v) is 7.09. The summed E-state index contributed by atoms with van der Waals surface area (Å²) in [5.74, 6) is -0.199. The number of rotatable bonds is 6. The average Bonchev–Trinajstić information content (AvgIpc) is 3.01. The molecule has 0 unspecified atom stereocenters. The van der Waals surface area contributed by atoms with Crippen LogP contribution in [0.1, 0.15) is 75.3 Å². The number of carbonyl (C=O) groups is 2. The van der Waals surface area contributed by atoms with Gasteiger partial charge in [-0.1, -0.05) is 45.0 Å². The Morgan fingerprint density at radius 1 is 1.04 bits per heavy atom. The van der Waals surface area contributed by atoms with E-state index >= 15 is 0 Å². The molecular formula is C36H43N7O5S. The first kappa shape index (κ1) is 35.4. The van der Waals surface area contributed by atoms with E-state index in [-0.39, 0.29) is 52.8 Å². The van der Waals surface area contributed by atoms with Gasteiger partial charge in [0.1, 0.15) is 12.4 Å². The zero-order valence-corrected chi connectivity index (χ0v) is 30.0. The molecule has 0 spiro atoms. The summed E-state index contributed by atoms with van der Waals surface area (Å²) in [5.41, 5.74) is 3.72. The molecule has 2 aromatic carbocycles. The Hall–Kier alpha value is -4.91. The monoisotopic (exact) mass is 685 g/mol. The maximum atomic E-state index is 14.4. The number of fused-ring (bicyclic) bond motifs is 4. The first-order valence-electron chi connectivity index (χ1n) is 16.2. The van der Waals surface area contributed by atoms with Crippen molar-refractivity contribution >= 4 is 33.5 Å². The third-order valence-electron chi connectivity index (χ3n) is 8.17. The van der Waals surface area contributed by atoms with E-state index in [1.807, 2.05) is 45.9 Å². The van der Waals surface area contributed by atoms with E-state index in [9.17, 15) is 18.0 Å². The highest BCUT2D eigenvalue weighted by molar-refractivity contribution is 7.92. The van der Waals surface area contributed by atoms with Crippen LogP contribution in [0.5, 0.6) is 5.88 Å². The predicted octanol–water partition coefficient (Wildman–Crippen LogP) is 5.95. The number of hydrogen-bond acceptors (Lipinski definition) is 9. The molecule has 0 radical (unpaired) electrons. The van der Waals surface area contributed by atoms with Gasteiger partial charge in [-0.05, 0) is 68.9 Å². The fraction of sp³-hybridized carbons (Fsp3) is 0.389. The van der Waals surface area contributed by atoms with Crippen molar-refractivity contribution in [1.29, 1.82) is 0 Å². The second-order valence-corrected chi connectivity index (χ2v) is 15.5. The van der Waals surface area contributed by atoms with Gasteiger partial charge in [0.25, 0.3) is 15.9 Å². The van der Waals surface area contributed by atoms with Crippen LogP contribution in [-0.2, 0) is 21.4 Å². The highest BCUT2D eigenvalue weighted by Crippen LogP contribution is 2.32. The van der Waals surface area contributed by atoms with E-state index in [2.05, 4.69) is 45.4 Å². The molecule has 49 heavy (non-hydrogen) atoms. The van der Waals surface area contributed by atoms with Gasteiger partial charge in [-0.2, -0.15) is 4.98 Å². The van der Waals surface area contributed by atoms with Crippen molar-refractivity contribution < 1.29 is 22.7 Å². The molecule has 12 nitrogen and oxygen atoms in total. The minimum Gasteiger partial charge on any atom is -0.475 e. The molecule has 258 valence electrons. The largest absolute Gasteiger partial charge is 0.475 e. The molecule has 1 atom stereocenters. The third-order valence-corrected chi connectivity index (χ3v) is 9.49. The first-order valence-corrected chi connectivity index (χ1v) is 17.6. The summed E-state index contributed by atoms with van der Waals surface area (Å²) in [5, 5.41) is 0. The molecule has 1 N–H and O–H groups in total. The Morgan fingerprint density at radius 2 is 1.69 bits per heavy atom. The van der Waals surface area contributed by atoms with Gasteiger partial charge in [-0.15, -0.1) is 0 Å². The number of anilines is 2. The van der Waals surface area contributed by atoms with Crippen LogP contribution in [0.3, 0.4) is 0 Å². The Balaban J connectivity index is 1.63. The number of aromatic nitrogens is 4. The molecule has 4 aromatic rings. The Bertz CT molecular complexity index is 1950. The zero-order chi connectivity index (χ0) is 35.7. The quantitative estimate of drug-likeness (QED) is 0.260. The van der Waals surface area contributed by atoms with E-state index < -0.39 is 22.0 Å². The Labute approximate surface area is 288 Å². The van der Waals surface area contributed by atoms with Crippen LogP contribution < -0.4 is 14.4 Å². The normalized spacial score (nSPS) is 16.1. The SMILES string of the molecule is CC(=O)N(c1cnc(CN2C(=O)c3cccc(c3)S(=O)(=O)Nc3nc(cc(-c4c(C)cccc4C)n3)OC[C@H]2CC(C)(C)C)nc1)C(C)C. The van der Waals surface area contributed by atoms with Crippen molar-refractivity contribution in [2.75, 3.05) is 16.2 Å². The van der Waals surface area contributed by atoms with E-state index in [1.165, 1.54) is 25.1 Å². The molecule has 0 aliphatic carbocycles. The number of carbonyl (C=O) groups excluding carboxylic acids is 2. The molecule has 4 bridgehead atoms.